The molecule has 0 radical (unpaired) electrons. The van der Waals surface area contributed by atoms with E-state index in [9.17, 15) is 14.4 Å². The molecular formula is C52H92O6. The lowest BCUT2D eigenvalue weighted by Gasteiger charge is -2.18. The second kappa shape index (κ2) is 47.1. The van der Waals surface area contributed by atoms with Gasteiger partial charge in [-0.3, -0.25) is 14.4 Å². The molecule has 0 aromatic heterocycles. The molecule has 1 atom stereocenters. The van der Waals surface area contributed by atoms with Gasteiger partial charge >= 0.3 is 17.9 Å². The van der Waals surface area contributed by atoms with E-state index in [0.717, 1.165) is 70.6 Å². The zero-order valence-electron chi connectivity index (χ0n) is 38.3. The van der Waals surface area contributed by atoms with Crippen LogP contribution in [-0.2, 0) is 28.6 Å². The van der Waals surface area contributed by atoms with Crippen LogP contribution in [0.2, 0.25) is 0 Å². The summed E-state index contributed by atoms with van der Waals surface area (Å²) < 4.78 is 16.7. The van der Waals surface area contributed by atoms with Crippen LogP contribution in [0.4, 0.5) is 0 Å². The number of hydrogen-bond donors (Lipinski definition) is 0. The summed E-state index contributed by atoms with van der Waals surface area (Å²) in [4.78, 5) is 37.8. The van der Waals surface area contributed by atoms with E-state index in [4.69, 9.17) is 14.2 Å². The van der Waals surface area contributed by atoms with Crippen LogP contribution in [0.15, 0.2) is 48.6 Å². The molecule has 0 spiro atoms. The van der Waals surface area contributed by atoms with Gasteiger partial charge in [0.25, 0.3) is 0 Å². The standard InChI is InChI=1S/C52H92O6/c1-4-7-10-13-16-19-21-23-24-25-26-27-29-30-33-36-39-42-45-51(54)57-48-49(47-56-50(53)44-41-38-35-32-18-15-12-9-6-3)58-52(55)46-43-40-37-34-31-28-22-20-17-14-11-8-5-2/h21,23-27,32,35,49H,4-20,22,28-31,33-34,36-48H2,1-3H3/b23-21-,25-24-,27-26-,35-32-. The second-order valence-corrected chi connectivity index (χ2v) is 16.4. The zero-order valence-corrected chi connectivity index (χ0v) is 38.3. The van der Waals surface area contributed by atoms with Crippen LogP contribution in [0.1, 0.15) is 245 Å². The van der Waals surface area contributed by atoms with Crippen molar-refractivity contribution in [1.29, 1.82) is 0 Å². The zero-order chi connectivity index (χ0) is 42.3. The molecular weight excluding hydrogens is 721 g/mol. The third kappa shape index (κ3) is 44.5. The van der Waals surface area contributed by atoms with E-state index in [2.05, 4.69) is 69.4 Å². The van der Waals surface area contributed by atoms with Gasteiger partial charge in [-0.15, -0.1) is 0 Å². The van der Waals surface area contributed by atoms with Crippen molar-refractivity contribution in [1.82, 2.24) is 0 Å². The summed E-state index contributed by atoms with van der Waals surface area (Å²) in [5.74, 6) is -0.941. The van der Waals surface area contributed by atoms with Gasteiger partial charge in [-0.25, -0.2) is 0 Å². The van der Waals surface area contributed by atoms with Gasteiger partial charge in [-0.05, 0) is 64.2 Å². The summed E-state index contributed by atoms with van der Waals surface area (Å²) in [7, 11) is 0. The minimum absolute atomic E-state index is 0.0904. The van der Waals surface area contributed by atoms with Crippen LogP contribution in [0, 0.1) is 0 Å². The van der Waals surface area contributed by atoms with Crippen LogP contribution in [0.3, 0.4) is 0 Å². The van der Waals surface area contributed by atoms with Crippen molar-refractivity contribution in [2.45, 2.75) is 252 Å². The first-order valence-electron chi connectivity index (χ1n) is 24.7. The van der Waals surface area contributed by atoms with Crippen LogP contribution < -0.4 is 0 Å². The normalized spacial score (nSPS) is 12.4. The van der Waals surface area contributed by atoms with E-state index in [1.54, 1.807) is 0 Å². The first-order valence-corrected chi connectivity index (χ1v) is 24.7. The number of unbranched alkanes of at least 4 members (excludes halogenated alkanes) is 27. The van der Waals surface area contributed by atoms with E-state index in [1.165, 1.54) is 128 Å². The first-order chi connectivity index (χ1) is 28.5. The number of carbonyl (C=O) groups excluding carboxylic acids is 3. The highest BCUT2D eigenvalue weighted by atomic mass is 16.6. The average Bonchev–Trinajstić information content (AvgIpc) is 3.22. The molecule has 0 aliphatic rings. The van der Waals surface area contributed by atoms with Gasteiger partial charge in [-0.2, -0.15) is 0 Å². The Hall–Kier alpha value is -2.63. The number of carbonyl (C=O) groups is 3. The molecule has 0 saturated heterocycles. The van der Waals surface area contributed by atoms with E-state index in [0.29, 0.717) is 25.7 Å². The fraction of sp³-hybridized carbons (Fsp3) is 0.788. The maximum absolute atomic E-state index is 12.7. The molecule has 336 valence electrons. The second-order valence-electron chi connectivity index (χ2n) is 16.4. The summed E-state index contributed by atoms with van der Waals surface area (Å²) in [6.07, 6.45) is 55.3. The van der Waals surface area contributed by atoms with Crippen molar-refractivity contribution >= 4 is 17.9 Å². The van der Waals surface area contributed by atoms with Gasteiger partial charge in [0.1, 0.15) is 13.2 Å². The molecule has 0 amide bonds. The summed E-state index contributed by atoms with van der Waals surface area (Å²) in [6, 6.07) is 0. The van der Waals surface area contributed by atoms with E-state index in [-0.39, 0.29) is 31.1 Å². The first kappa shape index (κ1) is 55.4. The highest BCUT2D eigenvalue weighted by Gasteiger charge is 2.19. The van der Waals surface area contributed by atoms with Crippen LogP contribution >= 0.6 is 0 Å². The van der Waals surface area contributed by atoms with Gasteiger partial charge < -0.3 is 14.2 Å². The van der Waals surface area contributed by atoms with E-state index < -0.39 is 6.10 Å². The summed E-state index contributed by atoms with van der Waals surface area (Å²) in [5, 5.41) is 0. The Morgan fingerprint density at radius 1 is 0.345 bits per heavy atom. The number of rotatable bonds is 44. The van der Waals surface area contributed by atoms with Crippen molar-refractivity contribution in [2.75, 3.05) is 13.2 Å². The van der Waals surface area contributed by atoms with Crippen molar-refractivity contribution in [3.05, 3.63) is 48.6 Å². The molecule has 0 fully saturated rings. The van der Waals surface area contributed by atoms with Crippen molar-refractivity contribution < 1.29 is 28.6 Å². The summed E-state index contributed by atoms with van der Waals surface area (Å²) in [6.45, 7) is 6.55. The Bertz CT molecular complexity index is 1030. The topological polar surface area (TPSA) is 78.9 Å². The van der Waals surface area contributed by atoms with Crippen molar-refractivity contribution in [3.63, 3.8) is 0 Å². The van der Waals surface area contributed by atoms with Gasteiger partial charge in [0.05, 0.1) is 0 Å². The maximum Gasteiger partial charge on any atom is 0.306 e. The average molecular weight is 813 g/mol. The molecule has 0 aliphatic carbocycles. The monoisotopic (exact) mass is 813 g/mol. The Labute approximate surface area is 358 Å². The lowest BCUT2D eigenvalue weighted by atomic mass is 10.0. The molecule has 6 nitrogen and oxygen atoms in total. The lowest BCUT2D eigenvalue weighted by Crippen LogP contribution is -2.30. The summed E-state index contributed by atoms with van der Waals surface area (Å²) >= 11 is 0. The SMILES string of the molecule is CCCCCC/C=C\CCCC(=O)OCC(COC(=O)CCCCCCC\C=C/C=C\C=C/CCCCCCC)OC(=O)CCCCCCCCCCCCCCC. The Balaban J connectivity index is 4.37. The molecule has 0 saturated carbocycles. The molecule has 0 heterocycles. The Morgan fingerprint density at radius 3 is 1.09 bits per heavy atom. The van der Waals surface area contributed by atoms with Crippen molar-refractivity contribution in [3.8, 4) is 0 Å². The molecule has 0 aromatic carbocycles. The fourth-order valence-corrected chi connectivity index (χ4v) is 6.86. The molecule has 1 unspecified atom stereocenters. The number of hydrogen-bond acceptors (Lipinski definition) is 6. The third-order valence-corrected chi connectivity index (χ3v) is 10.6. The molecule has 0 N–H and O–H groups in total. The molecule has 0 bridgehead atoms. The molecule has 58 heavy (non-hydrogen) atoms. The summed E-state index contributed by atoms with van der Waals surface area (Å²) in [5.41, 5.74) is 0. The highest BCUT2D eigenvalue weighted by molar-refractivity contribution is 5.71. The maximum atomic E-state index is 12.7. The van der Waals surface area contributed by atoms with Gasteiger partial charge in [0, 0.05) is 19.3 Å². The van der Waals surface area contributed by atoms with Gasteiger partial charge in [0.2, 0.25) is 0 Å². The van der Waals surface area contributed by atoms with Crippen molar-refractivity contribution in [2.24, 2.45) is 0 Å². The molecule has 0 aliphatic heterocycles. The largest absolute Gasteiger partial charge is 0.462 e. The highest BCUT2D eigenvalue weighted by Crippen LogP contribution is 2.15. The quantitative estimate of drug-likeness (QED) is 0.0200. The van der Waals surface area contributed by atoms with Gasteiger partial charge in [0.15, 0.2) is 6.10 Å². The number of ether oxygens (including phenoxy) is 3. The number of allylic oxidation sites excluding steroid dienone is 8. The molecule has 6 heteroatoms. The minimum Gasteiger partial charge on any atom is -0.462 e. The Kier molecular flexibility index (Phi) is 44.9. The Morgan fingerprint density at radius 2 is 0.655 bits per heavy atom. The number of esters is 3. The van der Waals surface area contributed by atoms with Crippen LogP contribution in [0.5, 0.6) is 0 Å². The smallest absolute Gasteiger partial charge is 0.306 e. The third-order valence-electron chi connectivity index (χ3n) is 10.6. The van der Waals surface area contributed by atoms with E-state index in [1.807, 2.05) is 0 Å². The predicted octanol–water partition coefficient (Wildman–Crippen LogP) is 15.9. The minimum atomic E-state index is -0.787. The van der Waals surface area contributed by atoms with Crippen LogP contribution in [-0.4, -0.2) is 37.2 Å². The fourth-order valence-electron chi connectivity index (χ4n) is 6.86. The van der Waals surface area contributed by atoms with Gasteiger partial charge in [-0.1, -0.05) is 211 Å². The van der Waals surface area contributed by atoms with Crippen LogP contribution in [0.25, 0.3) is 0 Å². The predicted molar refractivity (Wildman–Crippen MR) is 247 cm³/mol. The molecule has 0 rings (SSSR count). The van der Waals surface area contributed by atoms with E-state index >= 15 is 0 Å². The molecule has 0 aromatic rings. The lowest BCUT2D eigenvalue weighted by molar-refractivity contribution is -0.167.